The highest BCUT2D eigenvalue weighted by Crippen LogP contribution is 2.19. The number of rotatable bonds is 5. The molecule has 0 aliphatic carbocycles. The lowest BCUT2D eigenvalue weighted by atomic mass is 10.1. The van der Waals surface area contributed by atoms with E-state index in [1.54, 1.807) is 19.1 Å². The van der Waals surface area contributed by atoms with Gasteiger partial charge in [-0.05, 0) is 37.1 Å². The zero-order valence-electron chi connectivity index (χ0n) is 14.8. The highest BCUT2D eigenvalue weighted by atomic mass is 32.1. The molecule has 5 nitrogen and oxygen atoms in total. The van der Waals surface area contributed by atoms with Crippen LogP contribution in [0.3, 0.4) is 0 Å². The van der Waals surface area contributed by atoms with E-state index in [-0.39, 0.29) is 11.9 Å². The first-order valence-electron chi connectivity index (χ1n) is 8.46. The van der Waals surface area contributed by atoms with Crippen molar-refractivity contribution < 1.29 is 14.3 Å². The average Bonchev–Trinajstić information content (AvgIpc) is 2.96. The molecule has 1 aromatic heterocycles. The van der Waals surface area contributed by atoms with E-state index in [1.165, 1.54) is 11.3 Å². The molecule has 0 N–H and O–H groups in total. The molecule has 0 unspecified atom stereocenters. The quantitative estimate of drug-likeness (QED) is 0.648. The van der Waals surface area contributed by atoms with Crippen LogP contribution in [0.4, 0.5) is 0 Å². The van der Waals surface area contributed by atoms with E-state index in [1.807, 2.05) is 48.0 Å². The van der Waals surface area contributed by atoms with Crippen molar-refractivity contribution in [2.24, 2.45) is 12.0 Å². The molecule has 6 heteroatoms. The number of carbonyl (C=O) groups excluding carboxylic acids is 2. The maximum absolute atomic E-state index is 12.2. The zero-order chi connectivity index (χ0) is 18.5. The molecule has 0 saturated carbocycles. The molecule has 26 heavy (non-hydrogen) atoms. The van der Waals surface area contributed by atoms with Crippen LogP contribution in [0.25, 0.3) is 10.2 Å². The molecule has 0 bridgehead atoms. The van der Waals surface area contributed by atoms with Crippen LogP contribution in [0.5, 0.6) is 0 Å². The van der Waals surface area contributed by atoms with E-state index in [0.29, 0.717) is 29.8 Å². The van der Waals surface area contributed by atoms with Gasteiger partial charge in [-0.3, -0.25) is 4.79 Å². The third-order valence-electron chi connectivity index (χ3n) is 4.01. The van der Waals surface area contributed by atoms with Gasteiger partial charge in [0.25, 0.3) is 0 Å². The van der Waals surface area contributed by atoms with Crippen LogP contribution >= 0.6 is 11.3 Å². The minimum Gasteiger partial charge on any atom is -0.462 e. The van der Waals surface area contributed by atoms with E-state index < -0.39 is 0 Å². The number of esters is 1. The number of thiazole rings is 1. The third kappa shape index (κ3) is 4.08. The Hall–Kier alpha value is -2.73. The number of hydrogen-bond acceptors (Lipinski definition) is 4. The molecule has 0 aliphatic heterocycles. The Morgan fingerprint density at radius 1 is 1.15 bits per heavy atom. The Labute approximate surface area is 155 Å². The van der Waals surface area contributed by atoms with Crippen LogP contribution < -0.4 is 4.80 Å². The highest BCUT2D eigenvalue weighted by Gasteiger charge is 2.11. The van der Waals surface area contributed by atoms with Crippen molar-refractivity contribution in [3.05, 3.63) is 64.5 Å². The molecule has 0 spiro atoms. The molecule has 3 rings (SSSR count). The Morgan fingerprint density at radius 2 is 1.92 bits per heavy atom. The summed E-state index contributed by atoms with van der Waals surface area (Å²) in [7, 11) is 1.87. The minimum atomic E-state index is -0.345. The Bertz CT molecular complexity index is 1000. The molecule has 1 amide bonds. The smallest absolute Gasteiger partial charge is 0.338 e. The molecule has 0 saturated heterocycles. The van der Waals surface area contributed by atoms with Crippen LogP contribution in [0.2, 0.25) is 0 Å². The fourth-order valence-electron chi connectivity index (χ4n) is 2.64. The van der Waals surface area contributed by atoms with Crippen LogP contribution in [-0.2, 0) is 23.0 Å². The van der Waals surface area contributed by atoms with Crippen molar-refractivity contribution in [2.45, 2.75) is 19.8 Å². The molecular formula is C20H20N2O3S. The van der Waals surface area contributed by atoms with E-state index in [2.05, 4.69) is 4.99 Å². The fourth-order valence-corrected chi connectivity index (χ4v) is 3.72. The second kappa shape index (κ2) is 8.10. The third-order valence-corrected chi connectivity index (χ3v) is 5.11. The Balaban J connectivity index is 1.82. The van der Waals surface area contributed by atoms with Gasteiger partial charge >= 0.3 is 5.97 Å². The maximum Gasteiger partial charge on any atom is 0.338 e. The highest BCUT2D eigenvalue weighted by molar-refractivity contribution is 7.16. The maximum atomic E-state index is 12.2. The van der Waals surface area contributed by atoms with Gasteiger partial charge in [0.15, 0.2) is 4.80 Å². The summed E-state index contributed by atoms with van der Waals surface area (Å²) in [4.78, 5) is 29.0. The normalized spacial score (nSPS) is 11.7. The van der Waals surface area contributed by atoms with Gasteiger partial charge < -0.3 is 9.30 Å². The van der Waals surface area contributed by atoms with Gasteiger partial charge in [0.05, 0.1) is 22.4 Å². The molecule has 0 aliphatic rings. The number of benzene rings is 2. The van der Waals surface area contributed by atoms with Gasteiger partial charge in [0.1, 0.15) is 0 Å². The first-order chi connectivity index (χ1) is 12.6. The van der Waals surface area contributed by atoms with Crippen molar-refractivity contribution in [1.82, 2.24) is 4.57 Å². The van der Waals surface area contributed by atoms with E-state index in [0.717, 1.165) is 15.8 Å². The van der Waals surface area contributed by atoms with Crippen LogP contribution in [0, 0.1) is 0 Å². The van der Waals surface area contributed by atoms with Gasteiger partial charge in [-0.25, -0.2) is 4.79 Å². The van der Waals surface area contributed by atoms with Gasteiger partial charge in [0.2, 0.25) is 5.91 Å². The van der Waals surface area contributed by atoms with E-state index in [9.17, 15) is 9.59 Å². The second-order valence-electron chi connectivity index (χ2n) is 5.84. The van der Waals surface area contributed by atoms with Crippen LogP contribution in [-0.4, -0.2) is 23.1 Å². The molecule has 2 aromatic carbocycles. The van der Waals surface area contributed by atoms with Crippen molar-refractivity contribution >= 4 is 33.4 Å². The number of aryl methyl sites for hydroxylation is 2. The number of amides is 1. The molecule has 134 valence electrons. The summed E-state index contributed by atoms with van der Waals surface area (Å²) in [6, 6.07) is 15.3. The standard InChI is InChI=1S/C20H20N2O3S/c1-3-25-19(24)15-10-11-16-17(13-15)26-20(22(16)2)21-18(23)12-9-14-7-5-4-6-8-14/h4-8,10-11,13H,3,9,12H2,1-2H3. The van der Waals surface area contributed by atoms with E-state index >= 15 is 0 Å². The molecular weight excluding hydrogens is 348 g/mol. The summed E-state index contributed by atoms with van der Waals surface area (Å²) in [6.07, 6.45) is 1.04. The number of ether oxygens (including phenoxy) is 1. The van der Waals surface area contributed by atoms with Gasteiger partial charge in [-0.2, -0.15) is 4.99 Å². The summed E-state index contributed by atoms with van der Waals surface area (Å²) < 4.78 is 7.80. The first kappa shape index (κ1) is 18.1. The minimum absolute atomic E-state index is 0.151. The van der Waals surface area contributed by atoms with Crippen molar-refractivity contribution in [1.29, 1.82) is 0 Å². The lowest BCUT2D eigenvalue weighted by molar-refractivity contribution is -0.118. The Morgan fingerprint density at radius 3 is 2.65 bits per heavy atom. The summed E-state index contributed by atoms with van der Waals surface area (Å²) >= 11 is 1.39. The predicted octanol–water partition coefficient (Wildman–Crippen LogP) is 3.48. The SMILES string of the molecule is CCOC(=O)c1ccc2c(c1)sc(=NC(=O)CCc1ccccc1)n2C. The van der Waals surface area contributed by atoms with Crippen molar-refractivity contribution in [2.75, 3.05) is 6.61 Å². The van der Waals surface area contributed by atoms with Crippen LogP contribution in [0.1, 0.15) is 29.3 Å². The Kier molecular flexibility index (Phi) is 5.63. The fraction of sp³-hybridized carbons (Fsp3) is 0.250. The topological polar surface area (TPSA) is 60.7 Å². The molecule has 0 radical (unpaired) electrons. The number of aromatic nitrogens is 1. The second-order valence-corrected chi connectivity index (χ2v) is 6.85. The van der Waals surface area contributed by atoms with E-state index in [4.69, 9.17) is 4.74 Å². The first-order valence-corrected chi connectivity index (χ1v) is 9.28. The zero-order valence-corrected chi connectivity index (χ0v) is 15.6. The largest absolute Gasteiger partial charge is 0.462 e. The van der Waals surface area contributed by atoms with Crippen molar-refractivity contribution in [3.8, 4) is 0 Å². The lowest BCUT2D eigenvalue weighted by Gasteiger charge is -2.01. The molecule has 0 fully saturated rings. The number of nitrogens with zero attached hydrogens (tertiary/aromatic N) is 2. The summed E-state index contributed by atoms with van der Waals surface area (Å²) in [5, 5.41) is 0. The van der Waals surface area contributed by atoms with Crippen LogP contribution in [0.15, 0.2) is 53.5 Å². The summed E-state index contributed by atoms with van der Waals surface area (Å²) in [5.74, 6) is -0.496. The number of hydrogen-bond donors (Lipinski definition) is 0. The number of carbonyl (C=O) groups is 2. The molecule has 1 heterocycles. The molecule has 3 aromatic rings. The summed E-state index contributed by atoms with van der Waals surface area (Å²) in [6.45, 7) is 2.12. The molecule has 0 atom stereocenters. The van der Waals surface area contributed by atoms with Gasteiger partial charge in [-0.15, -0.1) is 0 Å². The van der Waals surface area contributed by atoms with Crippen molar-refractivity contribution in [3.63, 3.8) is 0 Å². The van der Waals surface area contributed by atoms with Gasteiger partial charge in [-0.1, -0.05) is 41.7 Å². The lowest BCUT2D eigenvalue weighted by Crippen LogP contribution is -2.13. The monoisotopic (exact) mass is 368 g/mol. The summed E-state index contributed by atoms with van der Waals surface area (Å²) in [5.41, 5.74) is 2.55. The average molecular weight is 368 g/mol. The number of fused-ring (bicyclic) bond motifs is 1. The predicted molar refractivity (Wildman–Crippen MR) is 102 cm³/mol. The van der Waals surface area contributed by atoms with Gasteiger partial charge in [0, 0.05) is 13.5 Å².